The lowest BCUT2D eigenvalue weighted by Crippen LogP contribution is -1.95. The van der Waals surface area contributed by atoms with Crippen molar-refractivity contribution in [3.05, 3.63) is 52.6 Å². The van der Waals surface area contributed by atoms with E-state index >= 15 is 0 Å². The molecule has 0 radical (unpaired) electrons. The van der Waals surface area contributed by atoms with Gasteiger partial charge in [-0.15, -0.1) is 0 Å². The van der Waals surface area contributed by atoms with Crippen LogP contribution in [0.25, 0.3) is 17.0 Å². The van der Waals surface area contributed by atoms with Crippen molar-refractivity contribution in [1.29, 1.82) is 0 Å². The van der Waals surface area contributed by atoms with Crippen LogP contribution in [0.2, 0.25) is 0 Å². The third-order valence-corrected chi connectivity index (χ3v) is 3.29. The number of aromatic nitrogens is 3. The zero-order chi connectivity index (χ0) is 14.3. The van der Waals surface area contributed by atoms with Crippen LogP contribution in [0, 0.1) is 5.82 Å². The number of hydrogen-bond donors (Lipinski definition) is 1. The van der Waals surface area contributed by atoms with E-state index in [4.69, 9.17) is 5.11 Å². The van der Waals surface area contributed by atoms with E-state index < -0.39 is 11.8 Å². The monoisotopic (exact) mass is 335 g/mol. The molecular weight excluding hydrogens is 329 g/mol. The van der Waals surface area contributed by atoms with E-state index in [1.54, 1.807) is 18.2 Å². The smallest absolute Gasteiger partial charge is 0.356 e. The van der Waals surface area contributed by atoms with Crippen LogP contribution in [0.5, 0.6) is 0 Å². The number of carboxylic acids is 1. The summed E-state index contributed by atoms with van der Waals surface area (Å²) in [6.07, 6.45) is 2.78. The Morgan fingerprint density at radius 3 is 2.90 bits per heavy atom. The lowest BCUT2D eigenvalue weighted by Gasteiger charge is -2.06. The Labute approximate surface area is 120 Å². The molecule has 5 nitrogen and oxygen atoms in total. The van der Waals surface area contributed by atoms with Crippen LogP contribution in [-0.4, -0.2) is 25.4 Å². The average Bonchev–Trinajstić information content (AvgIpc) is 2.85. The van der Waals surface area contributed by atoms with Gasteiger partial charge in [0.25, 0.3) is 0 Å². The highest BCUT2D eigenvalue weighted by atomic mass is 79.9. The van der Waals surface area contributed by atoms with Gasteiger partial charge in [-0.1, -0.05) is 15.9 Å². The maximum absolute atomic E-state index is 14.0. The molecule has 3 aromatic rings. The molecule has 0 amide bonds. The lowest BCUT2D eigenvalue weighted by molar-refractivity contribution is 0.0691. The standard InChI is InChI=1S/C13H7BrFN3O2/c14-7-1-2-9(15)8(5-7)11-3-4-16-13-17-10(12(19)20)6-18(11)13/h1-6H,(H,19,20). The van der Waals surface area contributed by atoms with Crippen molar-refractivity contribution >= 4 is 27.7 Å². The quantitative estimate of drug-likeness (QED) is 0.781. The van der Waals surface area contributed by atoms with E-state index in [0.717, 1.165) is 4.47 Å². The molecule has 2 heterocycles. The molecule has 2 aromatic heterocycles. The number of hydrogen-bond acceptors (Lipinski definition) is 3. The van der Waals surface area contributed by atoms with Crippen LogP contribution in [0.1, 0.15) is 10.5 Å². The highest BCUT2D eigenvalue weighted by molar-refractivity contribution is 9.10. The molecule has 1 aromatic carbocycles. The zero-order valence-electron chi connectivity index (χ0n) is 9.92. The molecule has 0 bridgehead atoms. The summed E-state index contributed by atoms with van der Waals surface area (Å²) in [5.74, 6) is -1.36. The SMILES string of the molecule is O=C(O)c1cn2c(-c3cc(Br)ccc3F)ccnc2n1. The number of imidazole rings is 1. The summed E-state index contributed by atoms with van der Waals surface area (Å²) in [7, 11) is 0. The molecular formula is C13H7BrFN3O2. The van der Waals surface area contributed by atoms with Gasteiger partial charge in [-0.3, -0.25) is 4.40 Å². The van der Waals surface area contributed by atoms with Crippen molar-refractivity contribution in [3.8, 4) is 11.3 Å². The van der Waals surface area contributed by atoms with E-state index in [-0.39, 0.29) is 11.5 Å². The molecule has 1 N–H and O–H groups in total. The first-order chi connectivity index (χ1) is 9.56. The van der Waals surface area contributed by atoms with Gasteiger partial charge in [0.1, 0.15) is 5.82 Å². The number of aromatic carboxylic acids is 1. The molecule has 3 rings (SSSR count). The molecule has 0 saturated heterocycles. The Hall–Kier alpha value is -2.28. The predicted molar refractivity (Wildman–Crippen MR) is 73.0 cm³/mol. The van der Waals surface area contributed by atoms with Gasteiger partial charge in [-0.25, -0.2) is 19.2 Å². The number of carboxylic acid groups (broad SMARTS) is 1. The molecule has 0 aliphatic carbocycles. The average molecular weight is 336 g/mol. The van der Waals surface area contributed by atoms with Gasteiger partial charge in [-0.2, -0.15) is 0 Å². The summed E-state index contributed by atoms with van der Waals surface area (Å²) in [5, 5.41) is 8.96. The fourth-order valence-electron chi connectivity index (χ4n) is 1.91. The van der Waals surface area contributed by atoms with Crippen LogP contribution in [0.4, 0.5) is 4.39 Å². The molecule has 0 aliphatic rings. The van der Waals surface area contributed by atoms with Crippen molar-refractivity contribution in [3.63, 3.8) is 0 Å². The van der Waals surface area contributed by atoms with Gasteiger partial charge in [0.15, 0.2) is 5.69 Å². The maximum Gasteiger partial charge on any atom is 0.356 e. The molecule has 0 unspecified atom stereocenters. The van der Waals surface area contributed by atoms with Crippen molar-refractivity contribution in [2.45, 2.75) is 0 Å². The van der Waals surface area contributed by atoms with Crippen molar-refractivity contribution in [1.82, 2.24) is 14.4 Å². The summed E-state index contributed by atoms with van der Waals surface area (Å²) in [6, 6.07) is 6.14. The highest BCUT2D eigenvalue weighted by Gasteiger charge is 2.14. The van der Waals surface area contributed by atoms with Gasteiger partial charge in [0.05, 0.1) is 5.69 Å². The molecule has 20 heavy (non-hydrogen) atoms. The Balaban J connectivity index is 2.30. The van der Waals surface area contributed by atoms with Crippen molar-refractivity contribution in [2.75, 3.05) is 0 Å². The highest BCUT2D eigenvalue weighted by Crippen LogP contribution is 2.26. The van der Waals surface area contributed by atoms with Crippen LogP contribution < -0.4 is 0 Å². The minimum atomic E-state index is -1.16. The van der Waals surface area contributed by atoms with E-state index in [0.29, 0.717) is 11.3 Å². The second-order valence-corrected chi connectivity index (χ2v) is 4.97. The van der Waals surface area contributed by atoms with Crippen LogP contribution in [-0.2, 0) is 0 Å². The first kappa shape index (κ1) is 12.7. The van der Waals surface area contributed by atoms with E-state index in [1.165, 1.54) is 22.9 Å². The third-order valence-electron chi connectivity index (χ3n) is 2.79. The van der Waals surface area contributed by atoms with Crippen LogP contribution in [0.3, 0.4) is 0 Å². The Morgan fingerprint density at radius 2 is 2.15 bits per heavy atom. The lowest BCUT2D eigenvalue weighted by atomic mass is 10.1. The molecule has 0 atom stereocenters. The first-order valence-corrected chi connectivity index (χ1v) is 6.38. The molecule has 0 spiro atoms. The number of fused-ring (bicyclic) bond motifs is 1. The molecule has 0 saturated carbocycles. The second kappa shape index (κ2) is 4.68. The van der Waals surface area contributed by atoms with Crippen LogP contribution in [0.15, 0.2) is 41.1 Å². The Kier molecular flexibility index (Phi) is 2.98. The third kappa shape index (κ3) is 2.05. The Bertz CT molecular complexity index is 832. The fourth-order valence-corrected chi connectivity index (χ4v) is 2.27. The van der Waals surface area contributed by atoms with Gasteiger partial charge < -0.3 is 5.11 Å². The maximum atomic E-state index is 14.0. The first-order valence-electron chi connectivity index (χ1n) is 5.59. The fraction of sp³-hybridized carbons (Fsp3) is 0. The molecule has 0 aliphatic heterocycles. The topological polar surface area (TPSA) is 67.5 Å². The number of carbonyl (C=O) groups is 1. The van der Waals surface area contributed by atoms with E-state index in [9.17, 15) is 9.18 Å². The molecule has 100 valence electrons. The van der Waals surface area contributed by atoms with Crippen molar-refractivity contribution < 1.29 is 14.3 Å². The zero-order valence-corrected chi connectivity index (χ0v) is 11.5. The van der Waals surface area contributed by atoms with E-state index in [2.05, 4.69) is 25.9 Å². The summed E-state index contributed by atoms with van der Waals surface area (Å²) < 4.78 is 16.1. The predicted octanol–water partition coefficient (Wildman–Crippen LogP) is 3.00. The number of rotatable bonds is 2. The summed E-state index contributed by atoms with van der Waals surface area (Å²) in [4.78, 5) is 18.8. The number of benzene rings is 1. The minimum absolute atomic E-state index is 0.139. The minimum Gasteiger partial charge on any atom is -0.476 e. The second-order valence-electron chi connectivity index (χ2n) is 4.06. The summed E-state index contributed by atoms with van der Waals surface area (Å²) in [6.45, 7) is 0. The Morgan fingerprint density at radius 1 is 1.35 bits per heavy atom. The molecule has 7 heteroatoms. The van der Waals surface area contributed by atoms with Gasteiger partial charge >= 0.3 is 5.97 Å². The van der Waals surface area contributed by atoms with Gasteiger partial charge in [0, 0.05) is 22.4 Å². The number of halogens is 2. The van der Waals surface area contributed by atoms with Gasteiger partial charge in [0.2, 0.25) is 5.78 Å². The van der Waals surface area contributed by atoms with E-state index in [1.807, 2.05) is 0 Å². The summed E-state index contributed by atoms with van der Waals surface area (Å²) >= 11 is 3.28. The largest absolute Gasteiger partial charge is 0.476 e. The van der Waals surface area contributed by atoms with Crippen molar-refractivity contribution in [2.24, 2.45) is 0 Å². The molecule has 0 fully saturated rings. The van der Waals surface area contributed by atoms with Crippen LogP contribution >= 0.6 is 15.9 Å². The summed E-state index contributed by atoms with van der Waals surface area (Å²) in [5.41, 5.74) is 0.676. The normalized spacial score (nSPS) is 10.9. The van der Waals surface area contributed by atoms with Gasteiger partial charge in [-0.05, 0) is 24.3 Å². The number of nitrogens with zero attached hydrogens (tertiary/aromatic N) is 3.